The van der Waals surface area contributed by atoms with Crippen molar-refractivity contribution in [1.29, 1.82) is 0 Å². The van der Waals surface area contributed by atoms with E-state index in [9.17, 15) is 10.2 Å². The molecule has 1 aliphatic heterocycles. The van der Waals surface area contributed by atoms with E-state index in [2.05, 4.69) is 0 Å². The molecule has 1 heterocycles. The van der Waals surface area contributed by atoms with Crippen LogP contribution < -0.4 is 5.73 Å². The van der Waals surface area contributed by atoms with E-state index < -0.39 is 30.6 Å². The van der Waals surface area contributed by atoms with Crippen molar-refractivity contribution in [2.45, 2.75) is 30.6 Å². The van der Waals surface area contributed by atoms with Crippen LogP contribution in [0.4, 0.5) is 0 Å². The van der Waals surface area contributed by atoms with Crippen LogP contribution in [0.5, 0.6) is 0 Å². The molecule has 0 aromatic rings. The van der Waals surface area contributed by atoms with Gasteiger partial charge in [0, 0.05) is 14.2 Å². The van der Waals surface area contributed by atoms with Crippen molar-refractivity contribution in [1.82, 2.24) is 0 Å². The van der Waals surface area contributed by atoms with Gasteiger partial charge in [-0.3, -0.25) is 0 Å². The first-order valence-electron chi connectivity index (χ1n) is 4.40. The van der Waals surface area contributed by atoms with Crippen LogP contribution in [0.1, 0.15) is 0 Å². The Bertz CT molecular complexity index is 175. The Kier molecular flexibility index (Phi) is 4.24. The van der Waals surface area contributed by atoms with Crippen molar-refractivity contribution in [3.63, 3.8) is 0 Å². The number of hydrogen-bond donors (Lipinski definition) is 3. The van der Waals surface area contributed by atoms with E-state index >= 15 is 0 Å². The molecule has 84 valence electrons. The fourth-order valence-corrected chi connectivity index (χ4v) is 1.47. The highest BCUT2D eigenvalue weighted by atomic mass is 16.7. The Morgan fingerprint density at radius 2 is 1.93 bits per heavy atom. The highest BCUT2D eigenvalue weighted by Crippen LogP contribution is 2.20. The fourth-order valence-electron chi connectivity index (χ4n) is 1.47. The molecule has 5 unspecified atom stereocenters. The monoisotopic (exact) mass is 207 g/mol. The van der Waals surface area contributed by atoms with E-state index in [1.807, 2.05) is 0 Å². The molecular formula is C8H17NO5. The molecule has 6 nitrogen and oxygen atoms in total. The van der Waals surface area contributed by atoms with Gasteiger partial charge < -0.3 is 30.2 Å². The molecule has 6 heteroatoms. The van der Waals surface area contributed by atoms with Gasteiger partial charge in [0.1, 0.15) is 18.3 Å². The van der Waals surface area contributed by atoms with Crippen LogP contribution in [-0.2, 0) is 14.2 Å². The number of methoxy groups -OCH3 is 2. The predicted octanol–water partition coefficient (Wildman–Crippen LogP) is -1.95. The highest BCUT2D eigenvalue weighted by molar-refractivity contribution is 4.91. The van der Waals surface area contributed by atoms with Gasteiger partial charge in [0.05, 0.1) is 12.6 Å². The standard InChI is InChI=1S/C8H17NO5/c1-12-3-4-6(10)7(11)5(9)8(13-2)14-4/h4-8,10-11H,3,9H2,1-2H3. The van der Waals surface area contributed by atoms with Gasteiger partial charge in [0.2, 0.25) is 0 Å². The quantitative estimate of drug-likeness (QED) is 0.498. The van der Waals surface area contributed by atoms with Crippen LogP contribution in [0.15, 0.2) is 0 Å². The Morgan fingerprint density at radius 1 is 1.29 bits per heavy atom. The van der Waals surface area contributed by atoms with Gasteiger partial charge in [-0.15, -0.1) is 0 Å². The predicted molar refractivity (Wildman–Crippen MR) is 47.5 cm³/mol. The summed E-state index contributed by atoms with van der Waals surface area (Å²) < 4.78 is 15.0. The highest BCUT2D eigenvalue weighted by Gasteiger charge is 2.42. The summed E-state index contributed by atoms with van der Waals surface area (Å²) in [6, 6.07) is -0.747. The molecule has 0 bridgehead atoms. The average molecular weight is 207 g/mol. The molecule has 0 radical (unpaired) electrons. The zero-order valence-corrected chi connectivity index (χ0v) is 8.29. The molecule has 0 aliphatic carbocycles. The van der Waals surface area contributed by atoms with Crippen molar-refractivity contribution in [3.8, 4) is 0 Å². The zero-order chi connectivity index (χ0) is 10.7. The summed E-state index contributed by atoms with van der Waals surface area (Å²) in [6.45, 7) is 0.185. The molecule has 0 aromatic carbocycles. The summed E-state index contributed by atoms with van der Waals surface area (Å²) in [5, 5.41) is 19.1. The van der Waals surface area contributed by atoms with Crippen LogP contribution >= 0.6 is 0 Å². The molecule has 4 N–H and O–H groups in total. The Balaban J connectivity index is 2.63. The molecule has 1 saturated heterocycles. The summed E-state index contributed by atoms with van der Waals surface area (Å²) in [5.74, 6) is 0. The molecule has 1 aliphatic rings. The third-order valence-corrected chi connectivity index (χ3v) is 2.31. The topological polar surface area (TPSA) is 94.2 Å². The number of nitrogens with two attached hydrogens (primary N) is 1. The Hall–Kier alpha value is -0.240. The number of ether oxygens (including phenoxy) is 3. The lowest BCUT2D eigenvalue weighted by molar-refractivity contribution is -0.259. The van der Waals surface area contributed by atoms with E-state index in [1.54, 1.807) is 0 Å². The van der Waals surface area contributed by atoms with Crippen LogP contribution in [0.2, 0.25) is 0 Å². The van der Waals surface area contributed by atoms with E-state index in [0.717, 1.165) is 0 Å². The van der Waals surface area contributed by atoms with Gasteiger partial charge in [-0.25, -0.2) is 0 Å². The largest absolute Gasteiger partial charge is 0.388 e. The lowest BCUT2D eigenvalue weighted by Crippen LogP contribution is -2.62. The van der Waals surface area contributed by atoms with Crippen LogP contribution in [0.25, 0.3) is 0 Å². The second-order valence-electron chi connectivity index (χ2n) is 3.29. The van der Waals surface area contributed by atoms with E-state index in [1.165, 1.54) is 14.2 Å². The van der Waals surface area contributed by atoms with Gasteiger partial charge in [-0.1, -0.05) is 0 Å². The number of hydrogen-bond acceptors (Lipinski definition) is 6. The number of rotatable bonds is 3. The second kappa shape index (κ2) is 5.01. The van der Waals surface area contributed by atoms with E-state index in [4.69, 9.17) is 19.9 Å². The van der Waals surface area contributed by atoms with E-state index in [-0.39, 0.29) is 6.61 Å². The maximum Gasteiger partial charge on any atom is 0.175 e. The van der Waals surface area contributed by atoms with Gasteiger partial charge in [-0.05, 0) is 0 Å². The van der Waals surface area contributed by atoms with Crippen molar-refractivity contribution in [3.05, 3.63) is 0 Å². The Morgan fingerprint density at radius 3 is 2.43 bits per heavy atom. The number of aliphatic hydroxyl groups is 2. The maximum atomic E-state index is 9.56. The van der Waals surface area contributed by atoms with Crippen molar-refractivity contribution in [2.75, 3.05) is 20.8 Å². The first-order chi connectivity index (χ1) is 6.61. The molecule has 1 fully saturated rings. The van der Waals surface area contributed by atoms with Crippen LogP contribution in [-0.4, -0.2) is 61.7 Å². The summed E-state index contributed by atoms with van der Waals surface area (Å²) in [7, 11) is 2.91. The SMILES string of the molecule is COCC1OC(OC)C(N)C(O)C1O. The smallest absolute Gasteiger partial charge is 0.175 e. The second-order valence-corrected chi connectivity index (χ2v) is 3.29. The van der Waals surface area contributed by atoms with Gasteiger partial charge in [-0.2, -0.15) is 0 Å². The van der Waals surface area contributed by atoms with Crippen LogP contribution in [0.3, 0.4) is 0 Å². The zero-order valence-electron chi connectivity index (χ0n) is 8.29. The molecule has 0 spiro atoms. The minimum absolute atomic E-state index is 0.185. The fraction of sp³-hybridized carbons (Fsp3) is 1.00. The van der Waals surface area contributed by atoms with Crippen molar-refractivity contribution in [2.24, 2.45) is 5.73 Å². The Labute approximate surface area is 82.6 Å². The van der Waals surface area contributed by atoms with E-state index in [0.29, 0.717) is 0 Å². The normalized spacial score (nSPS) is 43.9. The van der Waals surface area contributed by atoms with Gasteiger partial charge in [0.15, 0.2) is 6.29 Å². The van der Waals surface area contributed by atoms with Gasteiger partial charge in [0.25, 0.3) is 0 Å². The third kappa shape index (κ3) is 2.22. The molecule has 0 saturated carbocycles. The first kappa shape index (κ1) is 11.8. The molecule has 14 heavy (non-hydrogen) atoms. The minimum Gasteiger partial charge on any atom is -0.388 e. The van der Waals surface area contributed by atoms with Gasteiger partial charge >= 0.3 is 0 Å². The maximum absolute atomic E-state index is 9.56. The summed E-state index contributed by atoms with van der Waals surface area (Å²) in [6.07, 6.45) is -3.43. The molecule has 0 amide bonds. The third-order valence-electron chi connectivity index (χ3n) is 2.31. The van der Waals surface area contributed by atoms with Crippen molar-refractivity contribution < 1.29 is 24.4 Å². The summed E-state index contributed by atoms with van der Waals surface area (Å²) >= 11 is 0. The summed E-state index contributed by atoms with van der Waals surface area (Å²) in [5.41, 5.74) is 5.58. The summed E-state index contributed by atoms with van der Waals surface area (Å²) in [4.78, 5) is 0. The molecule has 1 rings (SSSR count). The minimum atomic E-state index is -1.06. The number of aliphatic hydroxyl groups excluding tert-OH is 2. The van der Waals surface area contributed by atoms with Crippen LogP contribution in [0, 0.1) is 0 Å². The molecule has 5 atom stereocenters. The lowest BCUT2D eigenvalue weighted by atomic mass is 9.98. The lowest BCUT2D eigenvalue weighted by Gasteiger charge is -2.40. The first-order valence-corrected chi connectivity index (χ1v) is 4.40. The molecular weight excluding hydrogens is 190 g/mol. The van der Waals surface area contributed by atoms with Crippen molar-refractivity contribution >= 4 is 0 Å². The molecule has 0 aromatic heterocycles. The average Bonchev–Trinajstić information content (AvgIpc) is 2.19.